The highest BCUT2D eigenvalue weighted by atomic mass is 16.4. The highest BCUT2D eigenvalue weighted by Gasteiger charge is 2.39. The highest BCUT2D eigenvalue weighted by Crippen LogP contribution is 2.21. The summed E-state index contributed by atoms with van der Waals surface area (Å²) in [6, 6.07) is -8.30. The molecular weight excluding hydrogens is 1530 g/mol. The number of rotatable bonds is 55. The molecular formula is C72H103N17O27. The predicted molar refractivity (Wildman–Crippen MR) is 404 cm³/mol. The van der Waals surface area contributed by atoms with Gasteiger partial charge in [0.05, 0.1) is 57.9 Å². The molecule has 0 fully saturated rings. The van der Waals surface area contributed by atoms with Crippen molar-refractivity contribution in [2.24, 2.45) is 17.4 Å². The van der Waals surface area contributed by atoms with Crippen LogP contribution in [0.5, 0.6) is 0 Å². The van der Waals surface area contributed by atoms with E-state index in [2.05, 4.69) is 65.1 Å². The number of carboxylic acid groups (broad SMARTS) is 5. The third kappa shape index (κ3) is 34.7. The number of aromatic nitrogens is 1. The number of primary amides is 1. The number of ketones is 1. The predicted octanol–water partition coefficient (Wildman–Crippen LogP) is -6.10. The molecule has 638 valence electrons. The molecule has 0 saturated carbocycles. The number of nitrogens with one attached hydrogen (secondary N) is 14. The third-order valence-electron chi connectivity index (χ3n) is 17.6. The first-order chi connectivity index (χ1) is 54.7. The van der Waals surface area contributed by atoms with Crippen molar-refractivity contribution in [3.8, 4) is 0 Å². The zero-order valence-electron chi connectivity index (χ0n) is 64.1. The van der Waals surface area contributed by atoms with Crippen molar-refractivity contribution >= 4 is 135 Å². The van der Waals surface area contributed by atoms with Gasteiger partial charge in [-0.1, -0.05) is 82.7 Å². The van der Waals surface area contributed by atoms with E-state index in [0.29, 0.717) is 22.9 Å². The van der Waals surface area contributed by atoms with E-state index in [1.165, 1.54) is 31.2 Å². The van der Waals surface area contributed by atoms with Crippen molar-refractivity contribution in [2.75, 3.05) is 32.0 Å². The number of carbonyl (C=O) groups excluding carboxylic acids is 15. The number of hydrogen-bond acceptors (Lipinski definition) is 24. The summed E-state index contributed by atoms with van der Waals surface area (Å²) in [5.41, 5.74) is 18.1. The molecule has 3 rings (SSSR count). The van der Waals surface area contributed by atoms with Gasteiger partial charge >= 0.3 is 29.8 Å². The van der Waals surface area contributed by atoms with Gasteiger partial charge in [0.25, 0.3) is 0 Å². The van der Waals surface area contributed by atoms with Crippen molar-refractivity contribution < 1.29 is 132 Å². The largest absolute Gasteiger partial charge is 0.481 e. The summed E-state index contributed by atoms with van der Waals surface area (Å²) in [5, 5.41) is 98.0. The van der Waals surface area contributed by atoms with Gasteiger partial charge in [-0.25, -0.2) is 9.59 Å². The van der Waals surface area contributed by atoms with Gasteiger partial charge in [-0.2, -0.15) is 0 Å². The van der Waals surface area contributed by atoms with E-state index in [1.54, 1.807) is 30.5 Å². The molecule has 1 aromatic heterocycles. The summed E-state index contributed by atoms with van der Waals surface area (Å²) >= 11 is 0. The number of nitrogens with two attached hydrogens (primary N) is 3. The van der Waals surface area contributed by atoms with Crippen molar-refractivity contribution in [1.82, 2.24) is 74.1 Å². The number of unbranched alkanes of at least 4 members (excludes halogenated alkanes) is 6. The van der Waals surface area contributed by atoms with Crippen molar-refractivity contribution in [2.45, 2.75) is 209 Å². The first kappa shape index (κ1) is 97.5. The molecule has 0 spiro atoms. The van der Waals surface area contributed by atoms with E-state index in [9.17, 15) is 132 Å². The Labute approximate surface area is 663 Å². The Morgan fingerprint density at radius 2 is 0.914 bits per heavy atom. The SMILES string of the molecule is CCCCCCCCCC(=O)NC(Cc1c[nH]c2ccccc12)C(=O)NC(CC(N)=O)C(=O)NC(CC(=O)O)C(=O)NC(C(=O)NCC(=O)NC(CCCN)C(=O)NC(CC(=O)O)C(=O)NC(C)C(=O)NC(CC(=O)NCC(=O)NC(CO)C(=O)NC(C(=O)NC(CC(=O)c1ccccc1N)C(=O)O)C(C)CC(=O)O)C(=O)O)C(C)O. The Bertz CT molecular complexity index is 4020. The van der Waals surface area contributed by atoms with Crippen LogP contribution in [0.25, 0.3) is 10.9 Å². The van der Waals surface area contributed by atoms with Crippen LogP contribution in [0.1, 0.15) is 146 Å². The fourth-order valence-corrected chi connectivity index (χ4v) is 11.4. The number of aliphatic hydroxyl groups excluding tert-OH is 2. The van der Waals surface area contributed by atoms with Crippen molar-refractivity contribution in [1.29, 1.82) is 0 Å². The van der Waals surface area contributed by atoms with Crippen LogP contribution in [-0.2, 0) is 97.5 Å². The monoisotopic (exact) mass is 1640 g/mol. The number of benzene rings is 2. The molecule has 13 unspecified atom stereocenters. The van der Waals surface area contributed by atoms with Gasteiger partial charge in [-0.3, -0.25) is 86.3 Å². The summed E-state index contributed by atoms with van der Waals surface area (Å²) in [6.07, 6.45) is -0.547. The summed E-state index contributed by atoms with van der Waals surface area (Å²) in [5.74, 6) is -27.7. The minimum absolute atomic E-state index is 0.0102. The maximum atomic E-state index is 14.1. The molecule has 116 heavy (non-hydrogen) atoms. The van der Waals surface area contributed by atoms with E-state index < -0.39 is 255 Å². The summed E-state index contributed by atoms with van der Waals surface area (Å²) in [6.45, 7) is 1.73. The fraction of sp³-hybridized carbons (Fsp3) is 0.528. The van der Waals surface area contributed by atoms with Gasteiger partial charge in [-0.15, -0.1) is 0 Å². The lowest BCUT2D eigenvalue weighted by molar-refractivity contribution is -0.144. The second-order valence-electron chi connectivity index (χ2n) is 27.2. The summed E-state index contributed by atoms with van der Waals surface area (Å²) in [7, 11) is 0. The molecule has 14 amide bonds. The van der Waals surface area contributed by atoms with Gasteiger partial charge in [0.2, 0.25) is 82.7 Å². The molecule has 0 bridgehead atoms. The number of fused-ring (bicyclic) bond motifs is 1. The zero-order valence-corrected chi connectivity index (χ0v) is 64.1. The lowest BCUT2D eigenvalue weighted by Crippen LogP contribution is -2.61. The Hall–Kier alpha value is -12.7. The molecule has 1 heterocycles. The number of amides is 14. The smallest absolute Gasteiger partial charge is 0.326 e. The normalized spacial score (nSPS) is 14.3. The second-order valence-corrected chi connectivity index (χ2v) is 27.2. The van der Waals surface area contributed by atoms with Gasteiger partial charge in [-0.05, 0) is 69.3 Å². The number of aromatic amines is 1. The van der Waals surface area contributed by atoms with Gasteiger partial charge in [0.1, 0.15) is 66.5 Å². The van der Waals surface area contributed by atoms with E-state index in [-0.39, 0.29) is 43.5 Å². The van der Waals surface area contributed by atoms with Crippen LogP contribution in [0.15, 0.2) is 54.7 Å². The van der Waals surface area contributed by atoms with Crippen LogP contribution in [-0.4, -0.2) is 258 Å². The number of H-pyrrole nitrogens is 1. The van der Waals surface area contributed by atoms with E-state index >= 15 is 0 Å². The summed E-state index contributed by atoms with van der Waals surface area (Å²) < 4.78 is 0. The first-order valence-corrected chi connectivity index (χ1v) is 36.9. The standard InChI is InChI=1S/C72H103N17O27/c1-5-6-7-8-9-10-11-22-53(94)81-44(25-38-31-76-42-20-15-13-17-39(38)42)65(107)83-45(27-52(75)93)66(108)85-47(30-59(102)103)67(109)89-61(37(4)91)69(111)78-33-56(97)80-43(21-16-23-73)63(105)84-46(29-58(100)101)64(106)79-36(3)62(104)86-49(72(115)116)28-54(95)77-32-55(96)82-50(34-90)68(110)88-60(35(2)24-57(98)99)70(112)87-48(71(113)114)26-51(92)40-18-12-14-19-41(40)74/h12-15,17-20,31,35-37,43-50,60-61,76,90-91H,5-11,16,21-30,32-34,73-74H2,1-4H3,(H2,75,93)(H,77,95)(H,78,111)(H,79,106)(H,80,97)(H,81,94)(H,82,96)(H,83,107)(H,84,105)(H,85,108)(H,86,104)(H,87,112)(H,88,110)(H,89,109)(H,98,99)(H,100,101)(H,102,103)(H,113,114)(H,115,116). The zero-order chi connectivity index (χ0) is 87.1. The molecule has 0 radical (unpaired) electrons. The number of Topliss-reactive ketones (excluding diaryl/α,β-unsaturated/α-hetero) is 1. The maximum Gasteiger partial charge on any atom is 0.326 e. The molecule has 3 aromatic rings. The Morgan fingerprint density at radius 3 is 1.47 bits per heavy atom. The van der Waals surface area contributed by atoms with E-state index in [1.807, 2.05) is 16.0 Å². The number of aliphatic carboxylic acids is 5. The molecule has 0 aliphatic heterocycles. The first-order valence-electron chi connectivity index (χ1n) is 36.9. The van der Waals surface area contributed by atoms with E-state index in [4.69, 9.17) is 17.2 Å². The fourth-order valence-electron chi connectivity index (χ4n) is 11.4. The van der Waals surface area contributed by atoms with Crippen LogP contribution in [0.2, 0.25) is 0 Å². The topological polar surface area (TPSA) is 733 Å². The van der Waals surface area contributed by atoms with Crippen LogP contribution in [0.3, 0.4) is 0 Å². The maximum absolute atomic E-state index is 14.1. The minimum Gasteiger partial charge on any atom is -0.481 e. The molecule has 44 nitrogen and oxygen atoms in total. The Balaban J connectivity index is 1.66. The number of hydrogen-bond donors (Lipinski definition) is 24. The third-order valence-corrected chi connectivity index (χ3v) is 17.6. The molecule has 13 atom stereocenters. The molecule has 2 aromatic carbocycles. The van der Waals surface area contributed by atoms with Crippen molar-refractivity contribution in [3.05, 3.63) is 65.9 Å². The van der Waals surface area contributed by atoms with E-state index in [0.717, 1.165) is 52.4 Å². The number of nitrogen functional groups attached to an aromatic ring is 1. The lowest BCUT2D eigenvalue weighted by Gasteiger charge is -2.27. The number of aliphatic hydroxyl groups is 2. The number of carboxylic acids is 5. The molecule has 0 aliphatic carbocycles. The number of carbonyl (C=O) groups is 20. The van der Waals surface area contributed by atoms with Gasteiger partial charge in [0.15, 0.2) is 5.78 Å². The van der Waals surface area contributed by atoms with Crippen LogP contribution < -0.4 is 86.3 Å². The number of para-hydroxylation sites is 2. The van der Waals surface area contributed by atoms with Crippen LogP contribution >= 0.6 is 0 Å². The van der Waals surface area contributed by atoms with Gasteiger partial charge in [0, 0.05) is 47.6 Å². The molecule has 0 saturated heterocycles. The number of anilines is 1. The molecule has 0 aliphatic rings. The van der Waals surface area contributed by atoms with Crippen LogP contribution in [0.4, 0.5) is 5.69 Å². The average molecular weight is 1640 g/mol. The highest BCUT2D eigenvalue weighted by molar-refractivity contribution is 6.05. The lowest BCUT2D eigenvalue weighted by atomic mass is 9.96. The quantitative estimate of drug-likeness (QED) is 0.0142. The van der Waals surface area contributed by atoms with Crippen LogP contribution in [0, 0.1) is 5.92 Å². The average Bonchev–Trinajstić information content (AvgIpc) is 1.67. The van der Waals surface area contributed by atoms with Crippen molar-refractivity contribution in [3.63, 3.8) is 0 Å². The molecule has 27 N–H and O–H groups in total. The molecule has 44 heteroatoms. The minimum atomic E-state index is -2.14. The second kappa shape index (κ2) is 49.7. The van der Waals surface area contributed by atoms with Gasteiger partial charge < -0.3 is 127 Å². The summed E-state index contributed by atoms with van der Waals surface area (Å²) in [4.78, 5) is 264. The Kier molecular flexibility index (Phi) is 41.7. The Morgan fingerprint density at radius 1 is 0.440 bits per heavy atom.